The van der Waals surface area contributed by atoms with Crippen molar-refractivity contribution in [2.24, 2.45) is 0 Å². The van der Waals surface area contributed by atoms with Crippen LogP contribution in [0.1, 0.15) is 6.42 Å². The predicted molar refractivity (Wildman–Crippen MR) is 85.6 cm³/mol. The van der Waals surface area contributed by atoms with E-state index in [1.54, 1.807) is 11.0 Å². The molecule has 1 N–H and O–H groups in total. The van der Waals surface area contributed by atoms with Crippen molar-refractivity contribution in [2.45, 2.75) is 18.6 Å². The van der Waals surface area contributed by atoms with E-state index in [4.69, 9.17) is 27.9 Å². The summed E-state index contributed by atoms with van der Waals surface area (Å²) in [5.41, 5.74) is 0. The summed E-state index contributed by atoms with van der Waals surface area (Å²) in [5.74, 6) is 0.398. The topological polar surface area (TPSA) is 57.7 Å². The molecule has 8 heteroatoms. The third kappa shape index (κ3) is 3.30. The molecule has 0 aliphatic carbocycles. The van der Waals surface area contributed by atoms with Gasteiger partial charge >= 0.3 is 6.03 Å². The molecule has 6 nitrogen and oxygen atoms in total. The number of likely N-dealkylation sites (N-methyl/N-ethyl adjacent to an activating group) is 1. The number of pyridine rings is 1. The van der Waals surface area contributed by atoms with Crippen LogP contribution in [0.15, 0.2) is 12.3 Å². The molecule has 2 saturated heterocycles. The zero-order valence-corrected chi connectivity index (χ0v) is 13.8. The van der Waals surface area contributed by atoms with Gasteiger partial charge in [0.2, 0.25) is 0 Å². The van der Waals surface area contributed by atoms with Crippen molar-refractivity contribution in [3.8, 4) is 0 Å². The predicted octanol–water partition coefficient (Wildman–Crippen LogP) is 2.33. The first-order chi connectivity index (χ1) is 10.5. The fourth-order valence-corrected chi connectivity index (χ4v) is 3.15. The maximum absolute atomic E-state index is 12.4. The van der Waals surface area contributed by atoms with E-state index in [9.17, 15) is 4.79 Å². The van der Waals surface area contributed by atoms with E-state index >= 15 is 0 Å². The number of amides is 2. The zero-order valence-electron chi connectivity index (χ0n) is 12.3. The fraction of sp³-hybridized carbons (Fsp3) is 0.571. The van der Waals surface area contributed by atoms with Gasteiger partial charge in [0.1, 0.15) is 5.82 Å². The van der Waals surface area contributed by atoms with Crippen molar-refractivity contribution < 1.29 is 9.53 Å². The normalized spacial score (nSPS) is 25.7. The van der Waals surface area contributed by atoms with Gasteiger partial charge in [-0.05, 0) is 13.5 Å². The van der Waals surface area contributed by atoms with E-state index in [-0.39, 0.29) is 18.2 Å². The van der Waals surface area contributed by atoms with E-state index in [0.29, 0.717) is 29.0 Å². The number of ether oxygens (including phenoxy) is 1. The molecule has 3 rings (SSSR count). The summed E-state index contributed by atoms with van der Waals surface area (Å²) in [5, 5.41) is 3.49. The Morgan fingerprint density at radius 3 is 3.00 bits per heavy atom. The lowest BCUT2D eigenvalue weighted by atomic mass is 9.99. The average Bonchev–Trinajstić information content (AvgIpc) is 2.51. The molecule has 3 heterocycles. The van der Waals surface area contributed by atoms with Gasteiger partial charge in [0.15, 0.2) is 0 Å². The van der Waals surface area contributed by atoms with E-state index in [1.165, 1.54) is 6.20 Å². The van der Waals surface area contributed by atoms with Gasteiger partial charge in [0.05, 0.1) is 28.8 Å². The van der Waals surface area contributed by atoms with Crippen molar-refractivity contribution in [3.63, 3.8) is 0 Å². The van der Waals surface area contributed by atoms with Gasteiger partial charge in [-0.25, -0.2) is 9.78 Å². The third-order valence-electron chi connectivity index (χ3n) is 4.19. The Bertz CT molecular complexity index is 572. The molecule has 0 spiro atoms. The number of urea groups is 1. The molecule has 2 atom stereocenters. The number of nitrogens with one attached hydrogen (secondary N) is 1. The Labute approximate surface area is 139 Å². The number of likely N-dealkylation sites (tertiary alicyclic amines) is 1. The van der Waals surface area contributed by atoms with Crippen molar-refractivity contribution >= 4 is 35.1 Å². The third-order valence-corrected chi connectivity index (χ3v) is 4.90. The number of morpholine rings is 1. The highest BCUT2D eigenvalue weighted by atomic mass is 35.5. The summed E-state index contributed by atoms with van der Waals surface area (Å²) in [6.07, 6.45) is 2.48. The first-order valence-electron chi connectivity index (χ1n) is 7.23. The molecule has 0 aromatic carbocycles. The standard InChI is InChI=1S/C14H18Cl2N4O2/c1-19-4-5-22-12-2-3-20(8-11(12)19)14(21)18-13-6-9(15)10(16)7-17-13/h6-7,11-12H,2-5,8H2,1H3,(H,17,18,21). The quantitative estimate of drug-likeness (QED) is 0.849. The van der Waals surface area contributed by atoms with Gasteiger partial charge < -0.3 is 9.64 Å². The summed E-state index contributed by atoms with van der Waals surface area (Å²) in [4.78, 5) is 20.5. The lowest BCUT2D eigenvalue weighted by Gasteiger charge is -2.45. The highest BCUT2D eigenvalue weighted by molar-refractivity contribution is 6.42. The maximum atomic E-state index is 12.4. The largest absolute Gasteiger partial charge is 0.375 e. The first-order valence-corrected chi connectivity index (χ1v) is 7.99. The molecule has 0 radical (unpaired) electrons. The van der Waals surface area contributed by atoms with Crippen LogP contribution in [0.5, 0.6) is 0 Å². The number of halogens is 2. The number of hydrogen-bond donors (Lipinski definition) is 1. The van der Waals surface area contributed by atoms with Crippen LogP contribution in [-0.2, 0) is 4.74 Å². The SMILES string of the molecule is CN1CCOC2CCN(C(=O)Nc3cc(Cl)c(Cl)cn3)CC21. The van der Waals surface area contributed by atoms with Gasteiger partial charge in [0, 0.05) is 31.9 Å². The number of piperidine rings is 1. The second kappa shape index (κ2) is 6.58. The smallest absolute Gasteiger partial charge is 0.323 e. The lowest BCUT2D eigenvalue weighted by Crippen LogP contribution is -2.60. The van der Waals surface area contributed by atoms with Gasteiger partial charge in [-0.15, -0.1) is 0 Å². The highest BCUT2D eigenvalue weighted by Gasteiger charge is 2.36. The lowest BCUT2D eigenvalue weighted by molar-refractivity contribution is -0.0875. The van der Waals surface area contributed by atoms with Crippen LogP contribution in [0.4, 0.5) is 10.6 Å². The van der Waals surface area contributed by atoms with E-state index in [2.05, 4.69) is 22.2 Å². The average molecular weight is 345 g/mol. The Kier molecular flexibility index (Phi) is 4.73. The number of carbonyl (C=O) groups excluding carboxylic acids is 1. The molecule has 0 saturated carbocycles. The Balaban J connectivity index is 1.64. The van der Waals surface area contributed by atoms with Crippen LogP contribution >= 0.6 is 23.2 Å². The number of anilines is 1. The molecule has 2 unspecified atom stereocenters. The number of hydrogen-bond acceptors (Lipinski definition) is 4. The Morgan fingerprint density at radius 2 is 2.23 bits per heavy atom. The summed E-state index contributed by atoms with van der Waals surface area (Å²) in [7, 11) is 2.07. The van der Waals surface area contributed by atoms with Crippen LogP contribution in [0.25, 0.3) is 0 Å². The summed E-state index contributed by atoms with van der Waals surface area (Å²) in [6, 6.07) is 1.61. The molecule has 2 amide bonds. The zero-order chi connectivity index (χ0) is 15.7. The molecule has 0 bridgehead atoms. The Morgan fingerprint density at radius 1 is 1.41 bits per heavy atom. The second-order valence-electron chi connectivity index (χ2n) is 5.61. The van der Waals surface area contributed by atoms with E-state index in [1.807, 2.05) is 0 Å². The molecule has 2 fully saturated rings. The van der Waals surface area contributed by atoms with Gasteiger partial charge in [-0.1, -0.05) is 23.2 Å². The molecule has 1 aromatic rings. The molecule has 2 aliphatic heterocycles. The van der Waals surface area contributed by atoms with Crippen molar-refractivity contribution in [2.75, 3.05) is 38.6 Å². The summed E-state index contributed by atoms with van der Waals surface area (Å²) < 4.78 is 5.78. The van der Waals surface area contributed by atoms with Crippen LogP contribution in [0, 0.1) is 0 Å². The van der Waals surface area contributed by atoms with E-state index < -0.39 is 0 Å². The van der Waals surface area contributed by atoms with Crippen molar-refractivity contribution in [1.29, 1.82) is 0 Å². The molecular weight excluding hydrogens is 327 g/mol. The van der Waals surface area contributed by atoms with Gasteiger partial charge in [-0.2, -0.15) is 0 Å². The van der Waals surface area contributed by atoms with Crippen molar-refractivity contribution in [3.05, 3.63) is 22.3 Å². The summed E-state index contributed by atoms with van der Waals surface area (Å²) in [6.45, 7) is 2.97. The Hall–Kier alpha value is -1.08. The highest BCUT2D eigenvalue weighted by Crippen LogP contribution is 2.24. The van der Waals surface area contributed by atoms with Gasteiger partial charge in [0.25, 0.3) is 0 Å². The maximum Gasteiger partial charge on any atom is 0.323 e. The van der Waals surface area contributed by atoms with Crippen LogP contribution < -0.4 is 5.32 Å². The molecule has 1 aromatic heterocycles. The molecule has 2 aliphatic rings. The van der Waals surface area contributed by atoms with Crippen LogP contribution in [0.2, 0.25) is 10.0 Å². The monoisotopic (exact) mass is 344 g/mol. The second-order valence-corrected chi connectivity index (χ2v) is 6.42. The van der Waals surface area contributed by atoms with Gasteiger partial charge in [-0.3, -0.25) is 10.2 Å². The minimum atomic E-state index is -0.177. The summed E-state index contributed by atoms with van der Waals surface area (Å²) >= 11 is 11.8. The molecule has 22 heavy (non-hydrogen) atoms. The number of rotatable bonds is 1. The molecular formula is C14H18Cl2N4O2. The first kappa shape index (κ1) is 15.8. The molecule has 120 valence electrons. The number of nitrogens with zero attached hydrogens (tertiary/aromatic N) is 3. The van der Waals surface area contributed by atoms with Crippen molar-refractivity contribution in [1.82, 2.24) is 14.8 Å². The van der Waals surface area contributed by atoms with Crippen LogP contribution in [-0.4, -0.2) is 66.2 Å². The minimum Gasteiger partial charge on any atom is -0.375 e. The van der Waals surface area contributed by atoms with Crippen LogP contribution in [0.3, 0.4) is 0 Å². The minimum absolute atomic E-state index is 0.177. The number of aromatic nitrogens is 1. The van der Waals surface area contributed by atoms with E-state index in [0.717, 1.165) is 19.6 Å². The number of carbonyl (C=O) groups is 1. The number of fused-ring (bicyclic) bond motifs is 1. The fourth-order valence-electron chi connectivity index (χ4n) is 2.90.